The number of hydrogen-bond donors (Lipinski definition) is 1. The predicted molar refractivity (Wildman–Crippen MR) is 113 cm³/mol. The number of ether oxygens (including phenoxy) is 2. The summed E-state index contributed by atoms with van der Waals surface area (Å²) in [5.74, 6) is -0.706. The lowest BCUT2D eigenvalue weighted by atomic mass is 9.86. The van der Waals surface area contributed by atoms with Crippen LogP contribution >= 0.6 is 0 Å². The molecule has 29 heavy (non-hydrogen) atoms. The van der Waals surface area contributed by atoms with E-state index in [1.54, 1.807) is 0 Å². The Hall–Kier alpha value is -2.66. The van der Waals surface area contributed by atoms with Gasteiger partial charge in [0.25, 0.3) is 0 Å². The molecule has 0 fully saturated rings. The molecule has 2 N–H and O–H groups in total. The minimum absolute atomic E-state index is 0.211. The fourth-order valence-corrected chi connectivity index (χ4v) is 3.03. The van der Waals surface area contributed by atoms with Crippen LogP contribution in [0.3, 0.4) is 0 Å². The molecule has 0 amide bonds. The summed E-state index contributed by atoms with van der Waals surface area (Å²) < 4.78 is 10.7. The monoisotopic (exact) mass is 397 g/mol. The Morgan fingerprint density at radius 1 is 0.897 bits per heavy atom. The molecule has 0 saturated heterocycles. The van der Waals surface area contributed by atoms with Crippen molar-refractivity contribution in [2.45, 2.75) is 57.6 Å². The highest BCUT2D eigenvalue weighted by Gasteiger charge is 2.35. The van der Waals surface area contributed by atoms with Crippen LogP contribution in [0.5, 0.6) is 0 Å². The summed E-state index contributed by atoms with van der Waals surface area (Å²) in [4.78, 5) is 24.7. The number of benzene rings is 2. The predicted octanol–water partition coefficient (Wildman–Crippen LogP) is 4.18. The molecule has 0 aliphatic carbocycles. The Kier molecular flexibility index (Phi) is 9.38. The van der Waals surface area contributed by atoms with E-state index >= 15 is 0 Å². The average Bonchev–Trinajstić information content (AvgIpc) is 2.74. The minimum Gasteiger partial charge on any atom is -0.464 e. The van der Waals surface area contributed by atoms with Gasteiger partial charge >= 0.3 is 11.9 Å². The van der Waals surface area contributed by atoms with Crippen LogP contribution in [0, 0.1) is 0 Å². The Balaban J connectivity index is 1.88. The summed E-state index contributed by atoms with van der Waals surface area (Å²) >= 11 is 0. The van der Waals surface area contributed by atoms with E-state index in [9.17, 15) is 9.59 Å². The highest BCUT2D eigenvalue weighted by molar-refractivity contribution is 5.81. The first-order valence-corrected chi connectivity index (χ1v) is 10.2. The fraction of sp³-hybridized carbons (Fsp3) is 0.417. The zero-order chi connectivity index (χ0) is 21.0. The molecule has 5 nitrogen and oxygen atoms in total. The summed E-state index contributed by atoms with van der Waals surface area (Å²) in [5, 5.41) is 0. The van der Waals surface area contributed by atoms with Crippen molar-refractivity contribution in [1.29, 1.82) is 0 Å². The summed E-state index contributed by atoms with van der Waals surface area (Å²) in [6, 6.07) is 19.2. The van der Waals surface area contributed by atoms with E-state index in [2.05, 4.69) is 0 Å². The van der Waals surface area contributed by atoms with Gasteiger partial charge < -0.3 is 15.2 Å². The van der Waals surface area contributed by atoms with Crippen LogP contribution in [0.4, 0.5) is 0 Å². The van der Waals surface area contributed by atoms with E-state index in [1.165, 1.54) is 0 Å². The molecule has 0 heterocycles. The topological polar surface area (TPSA) is 78.6 Å². The third-order valence-corrected chi connectivity index (χ3v) is 4.75. The quantitative estimate of drug-likeness (QED) is 0.429. The van der Waals surface area contributed by atoms with Crippen LogP contribution in [0.1, 0.15) is 50.2 Å². The molecule has 156 valence electrons. The van der Waals surface area contributed by atoms with Crippen molar-refractivity contribution in [3.63, 3.8) is 0 Å². The number of nitrogens with two attached hydrogens (primary N) is 1. The van der Waals surface area contributed by atoms with Gasteiger partial charge in [0, 0.05) is 12.8 Å². The van der Waals surface area contributed by atoms with Gasteiger partial charge in [-0.15, -0.1) is 0 Å². The van der Waals surface area contributed by atoms with Gasteiger partial charge in [-0.25, -0.2) is 0 Å². The number of carbonyl (C=O) groups is 2. The number of unbranched alkanes of at least 4 members (excludes halogenated alkanes) is 1. The van der Waals surface area contributed by atoms with Crippen LogP contribution in [-0.2, 0) is 32.1 Å². The summed E-state index contributed by atoms with van der Waals surface area (Å²) in [6.45, 7) is 2.65. The lowest BCUT2D eigenvalue weighted by molar-refractivity contribution is -0.151. The first-order valence-electron chi connectivity index (χ1n) is 10.2. The summed E-state index contributed by atoms with van der Waals surface area (Å²) in [5.41, 5.74) is 7.23. The Bertz CT molecular complexity index is 748. The van der Waals surface area contributed by atoms with Crippen molar-refractivity contribution in [3.8, 4) is 0 Å². The van der Waals surface area contributed by atoms with Crippen molar-refractivity contribution >= 4 is 11.9 Å². The molecule has 0 spiro atoms. The van der Waals surface area contributed by atoms with Gasteiger partial charge in [-0.2, -0.15) is 0 Å². The van der Waals surface area contributed by atoms with Crippen LogP contribution in [-0.4, -0.2) is 24.1 Å². The highest BCUT2D eigenvalue weighted by Crippen LogP contribution is 2.20. The van der Waals surface area contributed by atoms with Crippen molar-refractivity contribution in [3.05, 3.63) is 71.8 Å². The molecule has 2 aromatic rings. The van der Waals surface area contributed by atoms with Crippen molar-refractivity contribution in [2.24, 2.45) is 5.73 Å². The SMILES string of the molecule is CCCCOC(=O)C(N)(CCCC(=O)OCc1ccccc1)Cc1ccccc1. The molecular formula is C24H31NO4. The number of carbonyl (C=O) groups excluding carboxylic acids is 2. The van der Waals surface area contributed by atoms with Gasteiger partial charge in [0.2, 0.25) is 0 Å². The van der Waals surface area contributed by atoms with E-state index in [-0.39, 0.29) is 19.0 Å². The van der Waals surface area contributed by atoms with E-state index < -0.39 is 11.5 Å². The van der Waals surface area contributed by atoms with Gasteiger partial charge in [0.15, 0.2) is 0 Å². The molecule has 0 radical (unpaired) electrons. The van der Waals surface area contributed by atoms with Gasteiger partial charge in [0.1, 0.15) is 12.1 Å². The molecule has 1 atom stereocenters. The smallest absolute Gasteiger partial charge is 0.326 e. The van der Waals surface area contributed by atoms with Crippen LogP contribution in [0.2, 0.25) is 0 Å². The van der Waals surface area contributed by atoms with Gasteiger partial charge in [0.05, 0.1) is 6.61 Å². The molecule has 0 aromatic heterocycles. The molecule has 0 aliphatic heterocycles. The molecule has 2 aromatic carbocycles. The second kappa shape index (κ2) is 12.0. The van der Waals surface area contributed by atoms with Gasteiger partial charge in [-0.05, 0) is 30.4 Å². The maximum absolute atomic E-state index is 12.7. The molecule has 5 heteroatoms. The molecule has 1 unspecified atom stereocenters. The molecular weight excluding hydrogens is 366 g/mol. The second-order valence-electron chi connectivity index (χ2n) is 7.31. The van der Waals surface area contributed by atoms with E-state index in [4.69, 9.17) is 15.2 Å². The molecule has 0 aliphatic rings. The highest BCUT2D eigenvalue weighted by atomic mass is 16.5. The first-order chi connectivity index (χ1) is 14.0. The lowest BCUT2D eigenvalue weighted by Crippen LogP contribution is -2.51. The maximum atomic E-state index is 12.7. The third-order valence-electron chi connectivity index (χ3n) is 4.75. The zero-order valence-corrected chi connectivity index (χ0v) is 17.1. The van der Waals surface area contributed by atoms with E-state index in [0.717, 1.165) is 24.0 Å². The molecule has 0 saturated carbocycles. The van der Waals surface area contributed by atoms with Crippen LogP contribution < -0.4 is 5.73 Å². The van der Waals surface area contributed by atoms with Crippen molar-refractivity contribution in [2.75, 3.05) is 6.61 Å². The van der Waals surface area contributed by atoms with Crippen LogP contribution in [0.15, 0.2) is 60.7 Å². The normalized spacial score (nSPS) is 12.8. The van der Waals surface area contributed by atoms with Gasteiger partial charge in [-0.3, -0.25) is 9.59 Å². The van der Waals surface area contributed by atoms with Crippen LogP contribution in [0.25, 0.3) is 0 Å². The van der Waals surface area contributed by atoms with E-state index in [1.807, 2.05) is 67.6 Å². The van der Waals surface area contributed by atoms with E-state index in [0.29, 0.717) is 25.9 Å². The number of rotatable bonds is 12. The third kappa shape index (κ3) is 8.08. The minimum atomic E-state index is -1.16. The number of hydrogen-bond acceptors (Lipinski definition) is 5. The Morgan fingerprint density at radius 2 is 1.52 bits per heavy atom. The van der Waals surface area contributed by atoms with Crippen molar-refractivity contribution < 1.29 is 19.1 Å². The Morgan fingerprint density at radius 3 is 2.14 bits per heavy atom. The Labute approximate surface area is 173 Å². The largest absolute Gasteiger partial charge is 0.464 e. The number of esters is 2. The molecule has 2 rings (SSSR count). The fourth-order valence-electron chi connectivity index (χ4n) is 3.03. The average molecular weight is 398 g/mol. The lowest BCUT2D eigenvalue weighted by Gasteiger charge is -2.27. The zero-order valence-electron chi connectivity index (χ0n) is 17.1. The standard InChI is InChI=1S/C24H31NO4/c1-2-3-17-28-23(27)24(25,18-20-11-6-4-7-12-20)16-10-15-22(26)29-19-21-13-8-5-9-14-21/h4-9,11-14H,2-3,10,15-19,25H2,1H3. The van der Waals surface area contributed by atoms with Gasteiger partial charge in [-0.1, -0.05) is 74.0 Å². The summed E-state index contributed by atoms with van der Waals surface area (Å²) in [7, 11) is 0. The first kappa shape index (κ1) is 22.6. The maximum Gasteiger partial charge on any atom is 0.326 e. The van der Waals surface area contributed by atoms with Crippen molar-refractivity contribution in [1.82, 2.24) is 0 Å². The summed E-state index contributed by atoms with van der Waals surface area (Å²) in [6.07, 6.45) is 3.14. The molecule has 0 bridgehead atoms. The second-order valence-corrected chi connectivity index (χ2v) is 7.31.